The fourth-order valence-electron chi connectivity index (χ4n) is 6.71. The van der Waals surface area contributed by atoms with Crippen LogP contribution in [-0.2, 0) is 17.8 Å². The molecule has 2 aliphatic rings. The monoisotopic (exact) mass is 856 g/mol. The molecule has 3 amide bonds. The Hall–Kier alpha value is -7.44. The quantitative estimate of drug-likeness (QED) is 0.149. The van der Waals surface area contributed by atoms with Gasteiger partial charge < -0.3 is 34.7 Å². The van der Waals surface area contributed by atoms with Crippen LogP contribution in [0.25, 0.3) is 23.0 Å². The van der Waals surface area contributed by atoms with Gasteiger partial charge in [-0.3, -0.25) is 19.4 Å². The van der Waals surface area contributed by atoms with E-state index in [0.29, 0.717) is 60.0 Å². The van der Waals surface area contributed by atoms with Gasteiger partial charge in [-0.2, -0.15) is 0 Å². The first-order valence-corrected chi connectivity index (χ1v) is 20.6. The molecule has 19 heteroatoms. The Morgan fingerprint density at radius 1 is 0.698 bits per heavy atom. The Labute approximate surface area is 365 Å². The number of pyridine rings is 4. The standard InChI is InChI=1S/C21H23N7O2.C13H16N2O3.C10H13N5/c1-12(2)27-10-14-9-22-17(8-15(14)21(27)30)20(29)25-18-7-5-6-16(24-18)19-26-23-11-28(19)13(3)4;1-4-18-13(17)11-5-10-9(6-14-11)7-15(8(2)3)12(10)16;1-7(2)15-6-12-14-10(15)8-4-3-5-9(11)13-8/h5-9,11-13H,10H2,1-4H3,(H,24,25,29);5-6,8H,4,7H2,1-3H3;3-7H,1-2H3,(H2,11,13). The van der Waals surface area contributed by atoms with Crippen molar-refractivity contribution in [3.8, 4) is 23.0 Å². The van der Waals surface area contributed by atoms with Gasteiger partial charge in [0.15, 0.2) is 11.6 Å². The van der Waals surface area contributed by atoms with Gasteiger partial charge in [0.25, 0.3) is 17.7 Å². The lowest BCUT2D eigenvalue weighted by Crippen LogP contribution is -2.30. The van der Waals surface area contributed by atoms with E-state index in [1.165, 1.54) is 6.07 Å². The molecule has 0 spiro atoms. The number of nitrogens with zero attached hydrogens (tertiary/aromatic N) is 12. The van der Waals surface area contributed by atoms with Gasteiger partial charge in [-0.05, 0) is 98.7 Å². The Balaban J connectivity index is 0.000000171. The van der Waals surface area contributed by atoms with Crippen molar-refractivity contribution in [3.63, 3.8) is 0 Å². The summed E-state index contributed by atoms with van der Waals surface area (Å²) in [6, 6.07) is 14.5. The van der Waals surface area contributed by atoms with Crippen molar-refractivity contribution in [3.05, 3.63) is 107 Å². The van der Waals surface area contributed by atoms with Crippen molar-refractivity contribution in [2.45, 2.75) is 99.6 Å². The van der Waals surface area contributed by atoms with E-state index in [0.717, 1.165) is 22.6 Å². The van der Waals surface area contributed by atoms with E-state index in [4.69, 9.17) is 10.5 Å². The number of nitrogens with one attached hydrogen (secondary N) is 1. The zero-order chi connectivity index (χ0) is 45.5. The molecule has 0 bridgehead atoms. The van der Waals surface area contributed by atoms with Crippen LogP contribution in [0.15, 0.2) is 73.6 Å². The molecule has 6 aromatic rings. The Morgan fingerprint density at radius 3 is 1.68 bits per heavy atom. The molecular formula is C44H52N14O5. The van der Waals surface area contributed by atoms with Crippen LogP contribution >= 0.6 is 0 Å². The number of nitrogen functional groups attached to an aromatic ring is 1. The lowest BCUT2D eigenvalue weighted by atomic mass is 10.1. The number of rotatable bonds is 10. The van der Waals surface area contributed by atoms with Crippen LogP contribution in [0.4, 0.5) is 11.6 Å². The van der Waals surface area contributed by atoms with Crippen molar-refractivity contribution in [2.24, 2.45) is 0 Å². The molecule has 3 N–H and O–H groups in total. The number of aromatic nitrogens is 10. The summed E-state index contributed by atoms with van der Waals surface area (Å²) in [4.78, 5) is 69.5. The maximum atomic E-state index is 12.7. The van der Waals surface area contributed by atoms with Crippen molar-refractivity contribution in [2.75, 3.05) is 17.7 Å². The number of hydrogen-bond acceptors (Lipinski definition) is 14. The van der Waals surface area contributed by atoms with Gasteiger partial charge in [-0.25, -0.2) is 19.7 Å². The lowest BCUT2D eigenvalue weighted by molar-refractivity contribution is 0.0519. The summed E-state index contributed by atoms with van der Waals surface area (Å²) >= 11 is 0. The number of nitrogens with two attached hydrogens (primary N) is 1. The van der Waals surface area contributed by atoms with Crippen LogP contribution in [0.1, 0.15) is 127 Å². The number of esters is 1. The summed E-state index contributed by atoms with van der Waals surface area (Å²) < 4.78 is 8.74. The molecule has 0 atom stereocenters. The minimum Gasteiger partial charge on any atom is -0.461 e. The molecule has 0 saturated heterocycles. The van der Waals surface area contributed by atoms with Crippen LogP contribution in [-0.4, -0.2) is 102 Å². The normalized spacial score (nSPS) is 12.9. The highest BCUT2D eigenvalue weighted by atomic mass is 16.5. The van der Waals surface area contributed by atoms with Crippen molar-refractivity contribution < 1.29 is 23.9 Å². The van der Waals surface area contributed by atoms with Gasteiger partial charge >= 0.3 is 5.97 Å². The molecule has 0 fully saturated rings. The molecule has 0 aromatic carbocycles. The van der Waals surface area contributed by atoms with E-state index in [2.05, 4.69) is 59.5 Å². The predicted octanol–water partition coefficient (Wildman–Crippen LogP) is 6.06. The lowest BCUT2D eigenvalue weighted by Gasteiger charge is -2.19. The minimum absolute atomic E-state index is 0.0482. The third kappa shape index (κ3) is 10.2. The fraction of sp³-hybridized carbons (Fsp3) is 0.364. The fourth-order valence-corrected chi connectivity index (χ4v) is 6.71. The minimum atomic E-state index is -0.490. The van der Waals surface area contributed by atoms with Gasteiger partial charge in [-0.15, -0.1) is 20.4 Å². The molecule has 8 rings (SSSR count). The van der Waals surface area contributed by atoms with E-state index in [9.17, 15) is 19.2 Å². The summed E-state index contributed by atoms with van der Waals surface area (Å²) in [6.07, 6.45) is 6.53. The van der Waals surface area contributed by atoms with Crippen LogP contribution in [0.5, 0.6) is 0 Å². The second-order valence-electron chi connectivity index (χ2n) is 15.8. The Morgan fingerprint density at radius 2 is 1.19 bits per heavy atom. The average Bonchev–Trinajstić information content (AvgIpc) is 4.07. The van der Waals surface area contributed by atoms with Crippen molar-refractivity contribution >= 4 is 35.3 Å². The third-order valence-electron chi connectivity index (χ3n) is 10.1. The zero-order valence-electron chi connectivity index (χ0n) is 36.8. The summed E-state index contributed by atoms with van der Waals surface area (Å²) in [5.74, 6) is 1.18. The first-order valence-electron chi connectivity index (χ1n) is 20.6. The molecular weight excluding hydrogens is 805 g/mol. The molecule has 6 aromatic heterocycles. The number of amides is 3. The Bertz CT molecular complexity index is 2620. The summed E-state index contributed by atoms with van der Waals surface area (Å²) in [5, 5.41) is 18.8. The highest BCUT2D eigenvalue weighted by molar-refractivity contribution is 6.05. The van der Waals surface area contributed by atoms with Crippen LogP contribution in [0.2, 0.25) is 0 Å². The van der Waals surface area contributed by atoms with E-state index in [1.807, 2.05) is 68.9 Å². The molecule has 19 nitrogen and oxygen atoms in total. The molecule has 328 valence electrons. The van der Waals surface area contributed by atoms with Gasteiger partial charge in [0, 0.05) is 71.9 Å². The molecule has 0 unspecified atom stereocenters. The third-order valence-corrected chi connectivity index (χ3v) is 10.1. The van der Waals surface area contributed by atoms with Gasteiger partial charge in [-0.1, -0.05) is 12.1 Å². The smallest absolute Gasteiger partial charge is 0.356 e. The number of hydrogen-bond donors (Lipinski definition) is 2. The SMILES string of the molecule is CC(C)N1Cc2cnc(C(=O)Nc3cccc(-c4nncn4C(C)C)n3)cc2C1=O.CC(C)n1cnnc1-c1cccc(N)n1.CCOC(=O)c1cc2c(cn1)CN(C(C)C)C2=O. The maximum absolute atomic E-state index is 12.7. The topological polar surface area (TPSA) is 235 Å². The van der Waals surface area contributed by atoms with Gasteiger partial charge in [0.05, 0.1) is 6.61 Å². The highest BCUT2D eigenvalue weighted by Crippen LogP contribution is 2.27. The largest absolute Gasteiger partial charge is 0.461 e. The first kappa shape index (κ1) is 45.1. The predicted molar refractivity (Wildman–Crippen MR) is 234 cm³/mol. The van der Waals surface area contributed by atoms with E-state index in [1.54, 1.807) is 66.0 Å². The highest BCUT2D eigenvalue weighted by Gasteiger charge is 2.32. The second kappa shape index (κ2) is 19.5. The van der Waals surface area contributed by atoms with Gasteiger partial charge in [0.2, 0.25) is 0 Å². The van der Waals surface area contributed by atoms with Crippen molar-refractivity contribution in [1.29, 1.82) is 0 Å². The van der Waals surface area contributed by atoms with Gasteiger partial charge in [0.1, 0.15) is 47.1 Å². The molecule has 2 aliphatic heterocycles. The first-order chi connectivity index (χ1) is 30.1. The maximum Gasteiger partial charge on any atom is 0.356 e. The van der Waals surface area contributed by atoms with Crippen LogP contribution < -0.4 is 11.1 Å². The zero-order valence-corrected chi connectivity index (χ0v) is 36.8. The van der Waals surface area contributed by atoms with Crippen molar-refractivity contribution in [1.82, 2.24) is 59.3 Å². The summed E-state index contributed by atoms with van der Waals surface area (Å²) in [7, 11) is 0. The average molecular weight is 857 g/mol. The molecule has 0 aliphatic carbocycles. The summed E-state index contributed by atoms with van der Waals surface area (Å²) in [6.45, 7) is 19.1. The number of ether oxygens (including phenoxy) is 1. The second-order valence-corrected chi connectivity index (χ2v) is 15.8. The van der Waals surface area contributed by atoms with E-state index in [-0.39, 0.29) is 41.3 Å². The Kier molecular flexibility index (Phi) is 14.0. The molecule has 63 heavy (non-hydrogen) atoms. The van der Waals surface area contributed by atoms with Crippen LogP contribution in [0, 0.1) is 0 Å². The molecule has 0 radical (unpaired) electrons. The number of fused-ring (bicyclic) bond motifs is 2. The molecule has 0 saturated carbocycles. The van der Waals surface area contributed by atoms with E-state index < -0.39 is 11.9 Å². The number of carbonyl (C=O) groups is 4. The number of anilines is 2. The van der Waals surface area contributed by atoms with Crippen LogP contribution in [0.3, 0.4) is 0 Å². The number of carbonyl (C=O) groups excluding carboxylic acids is 4. The summed E-state index contributed by atoms with van der Waals surface area (Å²) in [5.41, 5.74) is 10.1. The van der Waals surface area contributed by atoms with E-state index >= 15 is 0 Å². The molecule has 8 heterocycles.